The highest BCUT2D eigenvalue weighted by Crippen LogP contribution is 2.43. The van der Waals surface area contributed by atoms with E-state index >= 15 is 0 Å². The van der Waals surface area contributed by atoms with E-state index in [4.69, 9.17) is 28.7 Å². The van der Waals surface area contributed by atoms with E-state index in [1.807, 2.05) is 18.2 Å². The van der Waals surface area contributed by atoms with Crippen LogP contribution < -0.4 is 23.7 Å². The highest BCUT2D eigenvalue weighted by atomic mass is 16.7. The molecule has 7 rings (SSSR count). The molecule has 4 heterocycles. The zero-order valence-electron chi connectivity index (χ0n) is 24.0. The molecule has 0 amide bonds. The van der Waals surface area contributed by atoms with Crippen molar-refractivity contribution in [2.45, 2.75) is 38.5 Å². The Hall–Kier alpha value is -3.49. The number of piperidine rings is 1. The standard InChI is InChI=1S/C33H39N3O5/c1-37-28-21-27-26(20-30(28)38-16-7-14-35-12-5-6-13-35)24-9-8-23-18-29-31(41-22-40-29)19-25(23)32(24)34-33(27)39-17-15-36-10-3-2-4-11-36/h8-9,18-21H,2-7,10-17,22H2,1H3. The van der Waals surface area contributed by atoms with Crippen LogP contribution in [0.2, 0.25) is 0 Å². The van der Waals surface area contributed by atoms with E-state index in [-0.39, 0.29) is 6.79 Å². The van der Waals surface area contributed by atoms with Crippen molar-refractivity contribution in [3.8, 4) is 28.9 Å². The van der Waals surface area contributed by atoms with Crippen LogP contribution in [0.4, 0.5) is 0 Å². The molecule has 0 saturated carbocycles. The van der Waals surface area contributed by atoms with Crippen molar-refractivity contribution in [2.24, 2.45) is 0 Å². The lowest BCUT2D eigenvalue weighted by Gasteiger charge is -2.26. The van der Waals surface area contributed by atoms with Gasteiger partial charge in [0, 0.05) is 34.6 Å². The number of aromatic nitrogens is 1. The number of hydrogen-bond donors (Lipinski definition) is 0. The molecular weight excluding hydrogens is 518 g/mol. The largest absolute Gasteiger partial charge is 0.493 e. The van der Waals surface area contributed by atoms with Crippen molar-refractivity contribution in [3.63, 3.8) is 0 Å². The molecular formula is C33H39N3O5. The Morgan fingerprint density at radius 1 is 0.707 bits per heavy atom. The molecule has 0 N–H and O–H groups in total. The summed E-state index contributed by atoms with van der Waals surface area (Å²) in [5.74, 6) is 3.58. The predicted molar refractivity (Wildman–Crippen MR) is 161 cm³/mol. The summed E-state index contributed by atoms with van der Waals surface area (Å²) >= 11 is 0. The number of benzene rings is 3. The first-order valence-corrected chi connectivity index (χ1v) is 15.1. The molecule has 8 nitrogen and oxygen atoms in total. The van der Waals surface area contributed by atoms with Crippen molar-refractivity contribution >= 4 is 32.4 Å². The minimum Gasteiger partial charge on any atom is -0.493 e. The molecule has 2 fully saturated rings. The Bertz CT molecular complexity index is 1550. The van der Waals surface area contributed by atoms with Crippen LogP contribution in [-0.2, 0) is 0 Å². The molecule has 0 bridgehead atoms. The topological polar surface area (TPSA) is 65.5 Å². The smallest absolute Gasteiger partial charge is 0.231 e. The zero-order chi connectivity index (χ0) is 27.6. The number of ether oxygens (including phenoxy) is 5. The van der Waals surface area contributed by atoms with Crippen molar-refractivity contribution in [1.29, 1.82) is 0 Å². The van der Waals surface area contributed by atoms with Gasteiger partial charge in [0.2, 0.25) is 12.7 Å². The fourth-order valence-electron chi connectivity index (χ4n) is 6.47. The van der Waals surface area contributed by atoms with Gasteiger partial charge in [-0.3, -0.25) is 4.90 Å². The van der Waals surface area contributed by atoms with E-state index < -0.39 is 0 Å². The molecule has 2 saturated heterocycles. The number of methoxy groups -OCH3 is 1. The Balaban J connectivity index is 1.26. The van der Waals surface area contributed by atoms with Crippen molar-refractivity contribution in [3.05, 3.63) is 36.4 Å². The fraction of sp³-hybridized carbons (Fsp3) is 0.485. The maximum atomic E-state index is 6.46. The molecule has 216 valence electrons. The monoisotopic (exact) mass is 557 g/mol. The lowest BCUT2D eigenvalue weighted by Crippen LogP contribution is -2.33. The van der Waals surface area contributed by atoms with Crippen LogP contribution in [0.15, 0.2) is 36.4 Å². The van der Waals surface area contributed by atoms with Crippen LogP contribution in [0.1, 0.15) is 38.5 Å². The molecule has 4 aromatic rings. The average molecular weight is 558 g/mol. The normalized spacial score (nSPS) is 17.6. The van der Waals surface area contributed by atoms with Crippen molar-refractivity contribution in [2.75, 3.05) is 66.4 Å². The van der Waals surface area contributed by atoms with Crippen molar-refractivity contribution < 1.29 is 23.7 Å². The van der Waals surface area contributed by atoms with Crippen LogP contribution in [0.5, 0.6) is 28.9 Å². The second kappa shape index (κ2) is 11.8. The SMILES string of the molecule is COc1cc2c(OCCN3CCCCC3)nc3c4cc5c(cc4ccc3c2cc1OCCCN1CCCC1)OCO5. The first kappa shape index (κ1) is 26.4. The molecule has 41 heavy (non-hydrogen) atoms. The predicted octanol–water partition coefficient (Wildman–Crippen LogP) is 6.01. The zero-order valence-corrected chi connectivity index (χ0v) is 24.0. The van der Waals surface area contributed by atoms with Gasteiger partial charge in [-0.2, -0.15) is 0 Å². The highest BCUT2D eigenvalue weighted by molar-refractivity contribution is 6.17. The molecule has 3 aliphatic rings. The van der Waals surface area contributed by atoms with E-state index in [0.717, 1.165) is 82.3 Å². The number of hydrogen-bond acceptors (Lipinski definition) is 8. The summed E-state index contributed by atoms with van der Waals surface area (Å²) in [5.41, 5.74) is 0.881. The number of rotatable bonds is 10. The van der Waals surface area contributed by atoms with Gasteiger partial charge in [-0.1, -0.05) is 18.6 Å². The lowest BCUT2D eigenvalue weighted by molar-refractivity contribution is 0.174. The molecule has 0 unspecified atom stereocenters. The highest BCUT2D eigenvalue weighted by Gasteiger charge is 2.20. The second-order valence-electron chi connectivity index (χ2n) is 11.4. The van der Waals surface area contributed by atoms with Crippen LogP contribution in [0.25, 0.3) is 32.4 Å². The minimum atomic E-state index is 0.239. The first-order chi connectivity index (χ1) is 20.3. The Kier molecular flexibility index (Phi) is 7.59. The third kappa shape index (κ3) is 5.43. The van der Waals surface area contributed by atoms with Gasteiger partial charge in [-0.05, 0) is 87.9 Å². The van der Waals surface area contributed by atoms with Gasteiger partial charge in [0.05, 0.1) is 19.2 Å². The molecule has 8 heteroatoms. The molecule has 0 spiro atoms. The fourth-order valence-corrected chi connectivity index (χ4v) is 6.47. The van der Waals surface area contributed by atoms with Crippen LogP contribution in [-0.4, -0.2) is 81.2 Å². The summed E-state index contributed by atoms with van der Waals surface area (Å²) < 4.78 is 30.0. The summed E-state index contributed by atoms with van der Waals surface area (Å²) in [4.78, 5) is 10.1. The van der Waals surface area contributed by atoms with Crippen LogP contribution >= 0.6 is 0 Å². The van der Waals surface area contributed by atoms with Crippen LogP contribution in [0, 0.1) is 0 Å². The maximum absolute atomic E-state index is 6.46. The van der Waals surface area contributed by atoms with E-state index in [2.05, 4.69) is 28.0 Å². The van der Waals surface area contributed by atoms with Gasteiger partial charge >= 0.3 is 0 Å². The Morgan fingerprint density at radius 3 is 2.24 bits per heavy atom. The van der Waals surface area contributed by atoms with Gasteiger partial charge < -0.3 is 28.6 Å². The Morgan fingerprint density at radius 2 is 1.44 bits per heavy atom. The molecule has 3 aromatic carbocycles. The number of pyridine rings is 1. The number of likely N-dealkylation sites (tertiary alicyclic amines) is 2. The molecule has 0 radical (unpaired) electrons. The average Bonchev–Trinajstić information content (AvgIpc) is 3.70. The van der Waals surface area contributed by atoms with Crippen molar-refractivity contribution in [1.82, 2.24) is 14.8 Å². The van der Waals surface area contributed by atoms with E-state index in [0.29, 0.717) is 24.8 Å². The summed E-state index contributed by atoms with van der Waals surface area (Å²) in [5, 5.41) is 5.08. The van der Waals surface area contributed by atoms with E-state index in [1.165, 1.54) is 45.2 Å². The van der Waals surface area contributed by atoms with E-state index in [9.17, 15) is 0 Å². The second-order valence-corrected chi connectivity index (χ2v) is 11.4. The third-order valence-electron chi connectivity index (χ3n) is 8.69. The summed E-state index contributed by atoms with van der Waals surface area (Å²) in [7, 11) is 1.69. The van der Waals surface area contributed by atoms with Crippen LogP contribution in [0.3, 0.4) is 0 Å². The number of nitrogens with zero attached hydrogens (tertiary/aromatic N) is 3. The molecule has 1 aromatic heterocycles. The van der Waals surface area contributed by atoms with Gasteiger partial charge in [0.1, 0.15) is 6.61 Å². The summed E-state index contributed by atoms with van der Waals surface area (Å²) in [6, 6.07) is 12.5. The molecule has 0 aliphatic carbocycles. The quantitative estimate of drug-likeness (QED) is 0.174. The molecule has 3 aliphatic heterocycles. The summed E-state index contributed by atoms with van der Waals surface area (Å²) in [6.45, 7) is 8.11. The number of fused-ring (bicyclic) bond motifs is 6. The van der Waals surface area contributed by atoms with Gasteiger partial charge in [-0.25, -0.2) is 4.98 Å². The van der Waals surface area contributed by atoms with Gasteiger partial charge in [0.15, 0.2) is 23.0 Å². The van der Waals surface area contributed by atoms with E-state index in [1.54, 1.807) is 7.11 Å². The minimum absolute atomic E-state index is 0.239. The lowest BCUT2D eigenvalue weighted by atomic mass is 10.0. The Labute approximate surface area is 241 Å². The van der Waals surface area contributed by atoms with Gasteiger partial charge in [-0.15, -0.1) is 0 Å². The third-order valence-corrected chi connectivity index (χ3v) is 8.69. The van der Waals surface area contributed by atoms with Gasteiger partial charge in [0.25, 0.3) is 0 Å². The summed E-state index contributed by atoms with van der Waals surface area (Å²) in [6.07, 6.45) is 7.44. The maximum Gasteiger partial charge on any atom is 0.231 e. The first-order valence-electron chi connectivity index (χ1n) is 15.1. The molecule has 0 atom stereocenters.